The number of carbonyl (C=O) groups excluding carboxylic acids is 2. The van der Waals surface area contributed by atoms with E-state index >= 15 is 0 Å². The minimum absolute atomic E-state index is 0.0541. The summed E-state index contributed by atoms with van der Waals surface area (Å²) in [4.78, 5) is 25.8. The maximum absolute atomic E-state index is 12.3. The fraction of sp³-hybridized carbons (Fsp3) is 0.474. The lowest BCUT2D eigenvalue weighted by Crippen LogP contribution is -2.43. The molecule has 0 aromatic heterocycles. The summed E-state index contributed by atoms with van der Waals surface area (Å²) >= 11 is 0. The van der Waals surface area contributed by atoms with Crippen molar-refractivity contribution in [2.75, 3.05) is 19.6 Å². The topological polar surface area (TPSA) is 49.4 Å². The molecule has 1 fully saturated rings. The fourth-order valence-electron chi connectivity index (χ4n) is 2.84. The molecule has 124 valence electrons. The van der Waals surface area contributed by atoms with Gasteiger partial charge in [-0.15, -0.1) is 0 Å². The molecule has 0 spiro atoms. The Morgan fingerprint density at radius 1 is 1.30 bits per heavy atom. The second kappa shape index (κ2) is 9.13. The van der Waals surface area contributed by atoms with E-state index in [1.165, 1.54) is 0 Å². The number of benzene rings is 1. The van der Waals surface area contributed by atoms with Gasteiger partial charge in [0.25, 0.3) is 0 Å². The molecule has 23 heavy (non-hydrogen) atoms. The van der Waals surface area contributed by atoms with Crippen LogP contribution in [0.5, 0.6) is 0 Å². The van der Waals surface area contributed by atoms with Gasteiger partial charge in [-0.25, -0.2) is 0 Å². The van der Waals surface area contributed by atoms with Crippen molar-refractivity contribution in [2.24, 2.45) is 5.92 Å². The summed E-state index contributed by atoms with van der Waals surface area (Å²) in [5.74, 6) is 0.525. The third-order valence-corrected chi connectivity index (χ3v) is 4.11. The van der Waals surface area contributed by atoms with Crippen LogP contribution in [0.4, 0.5) is 0 Å². The highest BCUT2D eigenvalue weighted by Crippen LogP contribution is 2.16. The minimum atomic E-state index is 0.0541. The standard InChI is InChI=1S/C19H26N2O2/c1-2-7-18(22)20-14-17-10-6-13-21(15-17)19(23)12-11-16-8-4-3-5-9-16/h3-5,8-9,11-12,17H,2,6-7,10,13-15H2,1H3,(H,20,22)/b12-11-/t17-/m1/s1. The van der Waals surface area contributed by atoms with Gasteiger partial charge in [-0.2, -0.15) is 0 Å². The second-order valence-electron chi connectivity index (χ2n) is 6.09. The van der Waals surface area contributed by atoms with Crippen LogP contribution >= 0.6 is 0 Å². The van der Waals surface area contributed by atoms with Gasteiger partial charge in [0.15, 0.2) is 0 Å². The Kier molecular flexibility index (Phi) is 6.85. The quantitative estimate of drug-likeness (QED) is 0.821. The number of likely N-dealkylation sites (tertiary alicyclic amines) is 1. The molecule has 1 atom stereocenters. The average molecular weight is 314 g/mol. The first-order valence-corrected chi connectivity index (χ1v) is 8.47. The van der Waals surface area contributed by atoms with Crippen molar-refractivity contribution in [3.8, 4) is 0 Å². The molecular weight excluding hydrogens is 288 g/mol. The normalized spacial score (nSPS) is 18.1. The zero-order valence-corrected chi connectivity index (χ0v) is 13.8. The lowest BCUT2D eigenvalue weighted by molar-refractivity contribution is -0.127. The monoisotopic (exact) mass is 314 g/mol. The van der Waals surface area contributed by atoms with E-state index in [1.807, 2.05) is 48.2 Å². The van der Waals surface area contributed by atoms with Crippen LogP contribution in [0.15, 0.2) is 36.4 Å². The van der Waals surface area contributed by atoms with Gasteiger partial charge in [0.05, 0.1) is 0 Å². The third-order valence-electron chi connectivity index (χ3n) is 4.11. The molecule has 1 heterocycles. The predicted molar refractivity (Wildman–Crippen MR) is 92.7 cm³/mol. The fourth-order valence-corrected chi connectivity index (χ4v) is 2.84. The van der Waals surface area contributed by atoms with Crippen molar-refractivity contribution in [2.45, 2.75) is 32.6 Å². The van der Waals surface area contributed by atoms with Gasteiger partial charge in [-0.3, -0.25) is 9.59 Å². The summed E-state index contributed by atoms with van der Waals surface area (Å²) in [5, 5.41) is 2.98. The number of carbonyl (C=O) groups is 2. The summed E-state index contributed by atoms with van der Waals surface area (Å²) in [6, 6.07) is 9.83. The summed E-state index contributed by atoms with van der Waals surface area (Å²) in [6.45, 7) is 4.20. The highest BCUT2D eigenvalue weighted by Gasteiger charge is 2.22. The third kappa shape index (κ3) is 5.89. The molecule has 2 amide bonds. The molecule has 1 aliphatic heterocycles. The van der Waals surface area contributed by atoms with Crippen LogP contribution < -0.4 is 5.32 Å². The van der Waals surface area contributed by atoms with E-state index in [0.29, 0.717) is 18.9 Å². The molecule has 4 nitrogen and oxygen atoms in total. The number of nitrogens with one attached hydrogen (secondary N) is 1. The molecule has 0 aliphatic carbocycles. The van der Waals surface area contributed by atoms with Gasteiger partial charge in [-0.1, -0.05) is 37.3 Å². The Labute approximate surface area is 138 Å². The molecule has 0 saturated carbocycles. The van der Waals surface area contributed by atoms with Crippen molar-refractivity contribution in [1.29, 1.82) is 0 Å². The van der Waals surface area contributed by atoms with Crippen molar-refractivity contribution in [1.82, 2.24) is 10.2 Å². The largest absolute Gasteiger partial charge is 0.356 e. The van der Waals surface area contributed by atoms with Crippen LogP contribution in [0.3, 0.4) is 0 Å². The maximum atomic E-state index is 12.3. The van der Waals surface area contributed by atoms with Gasteiger partial charge in [0.1, 0.15) is 0 Å². The Hall–Kier alpha value is -2.10. The van der Waals surface area contributed by atoms with Gasteiger partial charge in [0, 0.05) is 32.1 Å². The van der Waals surface area contributed by atoms with E-state index in [-0.39, 0.29) is 11.8 Å². The first-order chi connectivity index (χ1) is 11.2. The van der Waals surface area contributed by atoms with E-state index in [9.17, 15) is 9.59 Å². The summed E-state index contributed by atoms with van der Waals surface area (Å²) < 4.78 is 0. The van der Waals surface area contributed by atoms with Gasteiger partial charge >= 0.3 is 0 Å². The van der Waals surface area contributed by atoms with Crippen molar-refractivity contribution in [3.05, 3.63) is 42.0 Å². The average Bonchev–Trinajstić information content (AvgIpc) is 2.59. The molecule has 1 saturated heterocycles. The molecule has 2 rings (SSSR count). The molecule has 1 aromatic rings. The number of piperidine rings is 1. The van der Waals surface area contributed by atoms with Crippen LogP contribution in [-0.4, -0.2) is 36.3 Å². The summed E-state index contributed by atoms with van der Waals surface area (Å²) in [7, 11) is 0. The second-order valence-corrected chi connectivity index (χ2v) is 6.09. The molecule has 0 radical (unpaired) electrons. The number of hydrogen-bond donors (Lipinski definition) is 1. The summed E-state index contributed by atoms with van der Waals surface area (Å²) in [5.41, 5.74) is 1.03. The molecule has 0 bridgehead atoms. The highest BCUT2D eigenvalue weighted by atomic mass is 16.2. The molecule has 1 aromatic carbocycles. The van der Waals surface area contributed by atoms with E-state index in [1.54, 1.807) is 6.08 Å². The van der Waals surface area contributed by atoms with E-state index in [0.717, 1.165) is 37.9 Å². The lowest BCUT2D eigenvalue weighted by atomic mass is 9.97. The SMILES string of the molecule is CCCC(=O)NC[C@H]1CCCN(C(=O)/C=C\c2ccccc2)C1. The van der Waals surface area contributed by atoms with E-state index < -0.39 is 0 Å². The first-order valence-electron chi connectivity index (χ1n) is 8.47. The molecule has 1 aliphatic rings. The van der Waals surface area contributed by atoms with E-state index in [2.05, 4.69) is 5.32 Å². The zero-order chi connectivity index (χ0) is 16.5. The van der Waals surface area contributed by atoms with Crippen LogP contribution in [0.2, 0.25) is 0 Å². The molecule has 0 unspecified atom stereocenters. The van der Waals surface area contributed by atoms with E-state index in [4.69, 9.17) is 0 Å². The lowest BCUT2D eigenvalue weighted by Gasteiger charge is -2.32. The van der Waals surface area contributed by atoms with Gasteiger partial charge in [-0.05, 0) is 36.8 Å². The van der Waals surface area contributed by atoms with Gasteiger partial charge < -0.3 is 10.2 Å². The molecule has 4 heteroatoms. The Morgan fingerprint density at radius 2 is 2.09 bits per heavy atom. The molecule has 1 N–H and O–H groups in total. The van der Waals surface area contributed by atoms with Crippen LogP contribution in [0.25, 0.3) is 6.08 Å². The molecular formula is C19H26N2O2. The minimum Gasteiger partial charge on any atom is -0.356 e. The Morgan fingerprint density at radius 3 is 2.83 bits per heavy atom. The smallest absolute Gasteiger partial charge is 0.246 e. The maximum Gasteiger partial charge on any atom is 0.246 e. The van der Waals surface area contributed by atoms with Crippen LogP contribution in [0.1, 0.15) is 38.2 Å². The van der Waals surface area contributed by atoms with Crippen molar-refractivity contribution < 1.29 is 9.59 Å². The first kappa shape index (κ1) is 17.3. The van der Waals surface area contributed by atoms with Crippen molar-refractivity contribution >= 4 is 17.9 Å². The van der Waals surface area contributed by atoms with Crippen LogP contribution in [0, 0.1) is 5.92 Å². The Balaban J connectivity index is 1.81. The number of hydrogen-bond acceptors (Lipinski definition) is 2. The highest BCUT2D eigenvalue weighted by molar-refractivity contribution is 5.91. The number of nitrogens with zero attached hydrogens (tertiary/aromatic N) is 1. The Bertz CT molecular complexity index is 540. The number of rotatable bonds is 6. The predicted octanol–water partition coefficient (Wildman–Crippen LogP) is 2.85. The summed E-state index contributed by atoms with van der Waals surface area (Å²) in [6.07, 6.45) is 7.01. The number of amides is 2. The van der Waals surface area contributed by atoms with Crippen molar-refractivity contribution in [3.63, 3.8) is 0 Å². The van der Waals surface area contributed by atoms with Crippen LogP contribution in [-0.2, 0) is 9.59 Å². The zero-order valence-electron chi connectivity index (χ0n) is 13.8. The van der Waals surface area contributed by atoms with Gasteiger partial charge in [0.2, 0.25) is 11.8 Å².